The molecule has 1 heterocycles. The fourth-order valence-electron chi connectivity index (χ4n) is 3.58. The van der Waals surface area contributed by atoms with Gasteiger partial charge >= 0.3 is 11.6 Å². The van der Waals surface area contributed by atoms with Crippen molar-refractivity contribution in [3.63, 3.8) is 0 Å². The molecule has 6 heteroatoms. The minimum absolute atomic E-state index is 0.00852. The first-order valence-corrected chi connectivity index (χ1v) is 12.7. The van der Waals surface area contributed by atoms with Crippen LogP contribution in [0.5, 0.6) is 17.2 Å². The molecule has 0 unspecified atom stereocenters. The molecule has 37 heavy (non-hydrogen) atoms. The average molecular weight is 509 g/mol. The van der Waals surface area contributed by atoms with E-state index in [4.69, 9.17) is 18.6 Å². The number of rotatable bonds is 13. The van der Waals surface area contributed by atoms with Gasteiger partial charge in [0.25, 0.3) is 0 Å². The predicted octanol–water partition coefficient (Wildman–Crippen LogP) is 7.86. The van der Waals surface area contributed by atoms with Gasteiger partial charge < -0.3 is 18.6 Å². The third-order valence-electron chi connectivity index (χ3n) is 5.57. The summed E-state index contributed by atoms with van der Waals surface area (Å²) in [6.07, 6.45) is 12.0. The van der Waals surface area contributed by atoms with Crippen LogP contribution in [-0.2, 0) is 4.79 Å². The summed E-state index contributed by atoms with van der Waals surface area (Å²) >= 11 is 0. The van der Waals surface area contributed by atoms with E-state index in [1.165, 1.54) is 23.6 Å². The number of ether oxygens (including phenoxy) is 3. The van der Waals surface area contributed by atoms with E-state index in [2.05, 4.69) is 46.8 Å². The second kappa shape index (κ2) is 14.9. The molecule has 1 aromatic carbocycles. The van der Waals surface area contributed by atoms with E-state index in [1.807, 2.05) is 19.1 Å². The molecule has 2 rings (SSSR count). The monoisotopic (exact) mass is 508 g/mol. The van der Waals surface area contributed by atoms with Gasteiger partial charge in [0.2, 0.25) is 5.75 Å². The molecule has 0 aliphatic rings. The van der Waals surface area contributed by atoms with Gasteiger partial charge in [-0.2, -0.15) is 0 Å². The Kier molecular flexibility index (Phi) is 11.9. The lowest BCUT2D eigenvalue weighted by molar-refractivity contribution is -0.131. The molecule has 0 aliphatic carbocycles. The number of carbonyl (C=O) groups excluding carboxylic acids is 1. The highest BCUT2D eigenvalue weighted by Crippen LogP contribution is 2.39. The van der Waals surface area contributed by atoms with Crippen molar-refractivity contribution < 1.29 is 23.4 Å². The second-order valence-electron chi connectivity index (χ2n) is 9.63. The van der Waals surface area contributed by atoms with Crippen LogP contribution in [0.2, 0.25) is 0 Å². The highest BCUT2D eigenvalue weighted by atomic mass is 16.6. The Balaban J connectivity index is 2.31. The summed E-state index contributed by atoms with van der Waals surface area (Å²) in [5.74, 6) is -0.283. The van der Waals surface area contributed by atoms with Crippen LogP contribution in [0.1, 0.15) is 74.1 Å². The summed E-state index contributed by atoms with van der Waals surface area (Å²) < 4.78 is 22.8. The summed E-state index contributed by atoms with van der Waals surface area (Å²) in [7, 11) is 0. The van der Waals surface area contributed by atoms with Crippen LogP contribution in [0, 0.1) is 0 Å². The van der Waals surface area contributed by atoms with E-state index >= 15 is 0 Å². The quantitative estimate of drug-likeness (QED) is 0.156. The van der Waals surface area contributed by atoms with Crippen LogP contribution in [0.4, 0.5) is 0 Å². The molecule has 0 radical (unpaired) electrons. The summed E-state index contributed by atoms with van der Waals surface area (Å²) in [6, 6.07) is 5.11. The summed E-state index contributed by atoms with van der Waals surface area (Å²) in [6.45, 7) is 14.1. The Hall–Kier alpha value is -3.54. The molecule has 0 bridgehead atoms. The molecular weight excluding hydrogens is 468 g/mol. The van der Waals surface area contributed by atoms with Crippen molar-refractivity contribution in [2.45, 2.75) is 74.1 Å². The molecule has 0 saturated heterocycles. The zero-order chi connectivity index (χ0) is 27.4. The Bertz CT molecular complexity index is 1250. The van der Waals surface area contributed by atoms with Crippen LogP contribution in [-0.4, -0.2) is 19.2 Å². The number of esters is 1. The van der Waals surface area contributed by atoms with Gasteiger partial charge in [-0.05, 0) is 91.5 Å². The zero-order valence-corrected chi connectivity index (χ0v) is 23.2. The van der Waals surface area contributed by atoms with E-state index in [-0.39, 0.29) is 23.7 Å². The van der Waals surface area contributed by atoms with Crippen molar-refractivity contribution in [3.8, 4) is 17.2 Å². The first-order valence-electron chi connectivity index (χ1n) is 12.7. The molecule has 0 N–H and O–H groups in total. The van der Waals surface area contributed by atoms with Crippen LogP contribution in [0.25, 0.3) is 11.0 Å². The molecule has 0 saturated carbocycles. The van der Waals surface area contributed by atoms with Crippen molar-refractivity contribution in [3.05, 3.63) is 75.2 Å². The van der Waals surface area contributed by atoms with Crippen molar-refractivity contribution >= 4 is 16.9 Å². The molecule has 200 valence electrons. The zero-order valence-electron chi connectivity index (χ0n) is 23.2. The third kappa shape index (κ3) is 10.2. The Morgan fingerprint density at radius 2 is 1.35 bits per heavy atom. The summed E-state index contributed by atoms with van der Waals surface area (Å²) in [5, 5.41) is 0.382. The molecule has 0 spiro atoms. The molecule has 0 aliphatic heterocycles. The topological polar surface area (TPSA) is 75.0 Å². The molecule has 0 fully saturated rings. The second-order valence-corrected chi connectivity index (χ2v) is 9.63. The highest BCUT2D eigenvalue weighted by molar-refractivity contribution is 5.93. The van der Waals surface area contributed by atoms with E-state index < -0.39 is 11.6 Å². The summed E-state index contributed by atoms with van der Waals surface area (Å²) in [5.41, 5.74) is 4.45. The van der Waals surface area contributed by atoms with Gasteiger partial charge in [0, 0.05) is 6.92 Å². The maximum Gasteiger partial charge on any atom is 0.383 e. The lowest BCUT2D eigenvalue weighted by Crippen LogP contribution is -2.13. The normalized spacial score (nSPS) is 11.8. The minimum atomic E-state index is -0.716. The van der Waals surface area contributed by atoms with Gasteiger partial charge in [-0.3, -0.25) is 4.79 Å². The minimum Gasteiger partial charge on any atom is -0.489 e. The maximum atomic E-state index is 12.8. The van der Waals surface area contributed by atoms with E-state index in [0.717, 1.165) is 31.3 Å². The van der Waals surface area contributed by atoms with Gasteiger partial charge in [0.05, 0.1) is 0 Å². The van der Waals surface area contributed by atoms with Crippen molar-refractivity contribution in [2.24, 2.45) is 0 Å². The maximum absolute atomic E-state index is 12.8. The molecular formula is C31H40O6. The number of carbonyl (C=O) groups is 1. The van der Waals surface area contributed by atoms with Gasteiger partial charge in [0.1, 0.15) is 29.9 Å². The summed E-state index contributed by atoms with van der Waals surface area (Å²) in [4.78, 5) is 24.7. The number of benzene rings is 1. The largest absolute Gasteiger partial charge is 0.489 e. The van der Waals surface area contributed by atoms with Crippen LogP contribution in [0.15, 0.2) is 74.0 Å². The molecule has 1 aromatic heterocycles. The van der Waals surface area contributed by atoms with E-state index in [1.54, 1.807) is 18.2 Å². The van der Waals surface area contributed by atoms with Crippen molar-refractivity contribution in [1.29, 1.82) is 0 Å². The number of hydrogen-bond donors (Lipinski definition) is 0. The first-order chi connectivity index (χ1) is 17.6. The Morgan fingerprint density at radius 3 is 1.89 bits per heavy atom. The first kappa shape index (κ1) is 29.7. The lowest BCUT2D eigenvalue weighted by atomic mass is 10.1. The standard InChI is InChI=1S/C31H40O6/c1-21(2)11-8-13-23(5)17-19-34-26-15-10-16-27-28(26)29(36-25(7)32)30(31(33)37-27)35-20-18-24(6)14-9-12-22(3)4/h10-12,15-18H,8-9,13-14,19-20H2,1-7H3/b23-17+,24-18+. The molecule has 2 aromatic rings. The van der Waals surface area contributed by atoms with Crippen molar-refractivity contribution in [2.75, 3.05) is 13.2 Å². The van der Waals surface area contributed by atoms with E-state index in [9.17, 15) is 9.59 Å². The van der Waals surface area contributed by atoms with Gasteiger partial charge in [-0.1, -0.05) is 40.5 Å². The highest BCUT2D eigenvalue weighted by Gasteiger charge is 2.22. The smallest absolute Gasteiger partial charge is 0.383 e. The van der Waals surface area contributed by atoms with Gasteiger partial charge in [-0.25, -0.2) is 4.79 Å². The number of allylic oxidation sites excluding steroid dienone is 6. The van der Waals surface area contributed by atoms with Crippen molar-refractivity contribution in [1.82, 2.24) is 0 Å². The fourth-order valence-corrected chi connectivity index (χ4v) is 3.58. The number of hydrogen-bond acceptors (Lipinski definition) is 6. The van der Waals surface area contributed by atoms with Crippen LogP contribution < -0.4 is 19.8 Å². The number of fused-ring (bicyclic) bond motifs is 1. The fraction of sp³-hybridized carbons (Fsp3) is 0.419. The average Bonchev–Trinajstić information content (AvgIpc) is 2.80. The Labute approximate surface area is 220 Å². The van der Waals surface area contributed by atoms with Crippen LogP contribution in [0.3, 0.4) is 0 Å². The molecule has 6 nitrogen and oxygen atoms in total. The Morgan fingerprint density at radius 1 is 0.784 bits per heavy atom. The lowest BCUT2D eigenvalue weighted by Gasteiger charge is -2.14. The molecule has 0 amide bonds. The van der Waals surface area contributed by atoms with Gasteiger partial charge in [0.15, 0.2) is 5.75 Å². The molecule has 0 atom stereocenters. The van der Waals surface area contributed by atoms with E-state index in [0.29, 0.717) is 17.7 Å². The SMILES string of the molecule is CC(=O)Oc1c(OC/C=C(\C)CCC=C(C)C)c(=O)oc2cccc(OC/C=C(\C)CCC=C(C)C)c12. The third-order valence-corrected chi connectivity index (χ3v) is 5.57. The van der Waals surface area contributed by atoms with Crippen LogP contribution >= 0.6 is 0 Å². The van der Waals surface area contributed by atoms with Gasteiger partial charge in [-0.15, -0.1) is 0 Å². The predicted molar refractivity (Wildman–Crippen MR) is 150 cm³/mol.